The van der Waals surface area contributed by atoms with Gasteiger partial charge in [0.1, 0.15) is 0 Å². The molecule has 1 aliphatic heterocycles. The third kappa shape index (κ3) is 4.19. The van der Waals surface area contributed by atoms with Crippen molar-refractivity contribution < 1.29 is 9.59 Å². The molecule has 1 saturated heterocycles. The average Bonchev–Trinajstić information content (AvgIpc) is 3.27. The number of benzene rings is 2. The summed E-state index contributed by atoms with van der Waals surface area (Å²) >= 11 is 0. The van der Waals surface area contributed by atoms with Gasteiger partial charge in [-0.25, -0.2) is 4.79 Å². The van der Waals surface area contributed by atoms with Gasteiger partial charge in [-0.2, -0.15) is 0 Å². The maximum atomic E-state index is 12.4. The molecule has 5 heteroatoms. The first-order valence-corrected chi connectivity index (χ1v) is 10.2. The van der Waals surface area contributed by atoms with Gasteiger partial charge in [0.05, 0.1) is 0 Å². The zero-order chi connectivity index (χ0) is 19.3. The van der Waals surface area contributed by atoms with E-state index in [1.165, 1.54) is 24.0 Å². The van der Waals surface area contributed by atoms with Gasteiger partial charge in [-0.3, -0.25) is 4.79 Å². The van der Waals surface area contributed by atoms with Crippen molar-refractivity contribution in [2.75, 3.05) is 18.4 Å². The molecule has 0 unspecified atom stereocenters. The molecule has 1 heterocycles. The lowest BCUT2D eigenvalue weighted by Crippen LogP contribution is -2.29. The van der Waals surface area contributed by atoms with Crippen LogP contribution in [0.2, 0.25) is 0 Å². The zero-order valence-electron chi connectivity index (χ0n) is 16.2. The van der Waals surface area contributed by atoms with Gasteiger partial charge >= 0.3 is 6.03 Å². The van der Waals surface area contributed by atoms with E-state index in [1.807, 2.05) is 41.3 Å². The van der Waals surface area contributed by atoms with Crippen molar-refractivity contribution in [3.63, 3.8) is 0 Å². The van der Waals surface area contributed by atoms with Crippen molar-refractivity contribution in [1.29, 1.82) is 0 Å². The lowest BCUT2D eigenvalue weighted by molar-refractivity contribution is 0.0793. The number of hydrogen-bond donors (Lipinski definition) is 2. The van der Waals surface area contributed by atoms with Gasteiger partial charge in [0.25, 0.3) is 5.91 Å². The Kier molecular flexibility index (Phi) is 5.60. The van der Waals surface area contributed by atoms with Crippen LogP contribution in [0.1, 0.15) is 52.7 Å². The smallest absolute Gasteiger partial charge is 0.319 e. The summed E-state index contributed by atoms with van der Waals surface area (Å²) in [7, 11) is 0. The highest BCUT2D eigenvalue weighted by molar-refractivity contribution is 5.94. The van der Waals surface area contributed by atoms with E-state index in [9.17, 15) is 9.59 Å². The Balaban J connectivity index is 1.32. The van der Waals surface area contributed by atoms with E-state index in [0.717, 1.165) is 50.0 Å². The van der Waals surface area contributed by atoms with Crippen molar-refractivity contribution in [1.82, 2.24) is 10.2 Å². The number of aryl methyl sites for hydroxylation is 1. The number of nitrogens with one attached hydrogen (secondary N) is 2. The molecule has 4 rings (SSSR count). The van der Waals surface area contributed by atoms with Crippen LogP contribution in [0.5, 0.6) is 0 Å². The summed E-state index contributed by atoms with van der Waals surface area (Å²) in [6.45, 7) is 2.13. The van der Waals surface area contributed by atoms with Crippen molar-refractivity contribution in [3.8, 4) is 0 Å². The molecular formula is C23H27N3O2. The van der Waals surface area contributed by atoms with E-state index in [2.05, 4.69) is 16.7 Å². The normalized spacial score (nSPS) is 15.8. The van der Waals surface area contributed by atoms with E-state index in [0.29, 0.717) is 12.1 Å². The summed E-state index contributed by atoms with van der Waals surface area (Å²) in [4.78, 5) is 26.6. The number of nitrogens with zero attached hydrogens (tertiary/aromatic N) is 1. The minimum atomic E-state index is -0.198. The second-order valence-corrected chi connectivity index (χ2v) is 7.65. The number of carbonyl (C=O) groups is 2. The Hall–Kier alpha value is -2.82. The third-order valence-electron chi connectivity index (χ3n) is 5.69. The summed E-state index contributed by atoms with van der Waals surface area (Å²) in [5.74, 6) is 0.101. The molecular weight excluding hydrogens is 350 g/mol. The average molecular weight is 377 g/mol. The zero-order valence-corrected chi connectivity index (χ0v) is 16.2. The molecule has 146 valence electrons. The molecule has 2 aliphatic rings. The topological polar surface area (TPSA) is 61.4 Å². The van der Waals surface area contributed by atoms with Gasteiger partial charge in [0.15, 0.2) is 0 Å². The maximum Gasteiger partial charge on any atom is 0.319 e. The molecule has 0 aromatic heterocycles. The highest BCUT2D eigenvalue weighted by atomic mass is 16.2. The standard InChI is InChI=1S/C23H27N3O2/c27-22(26-14-3-4-15-26)19-12-10-17(11-13-19)16-24-23(28)25-21-9-5-7-18-6-1-2-8-20(18)21/h5,7,9-13H,1-4,6,8,14-16H2,(H2,24,25,28). The minimum Gasteiger partial charge on any atom is -0.339 e. The first kappa shape index (κ1) is 18.5. The number of likely N-dealkylation sites (tertiary alicyclic amines) is 1. The van der Waals surface area contributed by atoms with Crippen molar-refractivity contribution in [2.45, 2.75) is 45.1 Å². The van der Waals surface area contributed by atoms with E-state index in [1.54, 1.807) is 0 Å². The molecule has 2 aromatic rings. The third-order valence-corrected chi connectivity index (χ3v) is 5.69. The number of carbonyl (C=O) groups excluding carboxylic acids is 2. The predicted molar refractivity (Wildman–Crippen MR) is 111 cm³/mol. The molecule has 0 bridgehead atoms. The number of amides is 3. The summed E-state index contributed by atoms with van der Waals surface area (Å²) in [6, 6.07) is 13.5. The van der Waals surface area contributed by atoms with Crippen LogP contribution in [0, 0.1) is 0 Å². The molecule has 0 spiro atoms. The van der Waals surface area contributed by atoms with Crippen molar-refractivity contribution in [2.24, 2.45) is 0 Å². The Morgan fingerprint density at radius 2 is 1.64 bits per heavy atom. The number of anilines is 1. The minimum absolute atomic E-state index is 0.101. The van der Waals surface area contributed by atoms with Gasteiger partial charge in [0, 0.05) is 30.9 Å². The van der Waals surface area contributed by atoms with E-state index in [4.69, 9.17) is 0 Å². The van der Waals surface area contributed by atoms with Crippen LogP contribution in [-0.2, 0) is 19.4 Å². The molecule has 0 radical (unpaired) electrons. The van der Waals surface area contributed by atoms with Gasteiger partial charge in [-0.05, 0) is 73.4 Å². The Bertz CT molecular complexity index is 855. The SMILES string of the molecule is O=C(NCc1ccc(C(=O)N2CCCC2)cc1)Nc1cccc2c1CCCC2. The van der Waals surface area contributed by atoms with Crippen LogP contribution in [0.15, 0.2) is 42.5 Å². The highest BCUT2D eigenvalue weighted by Crippen LogP contribution is 2.27. The van der Waals surface area contributed by atoms with Crippen LogP contribution >= 0.6 is 0 Å². The first-order valence-electron chi connectivity index (χ1n) is 10.2. The molecule has 1 aliphatic carbocycles. The van der Waals surface area contributed by atoms with Crippen LogP contribution in [0.4, 0.5) is 10.5 Å². The Morgan fingerprint density at radius 3 is 2.43 bits per heavy atom. The van der Waals surface area contributed by atoms with E-state index in [-0.39, 0.29) is 11.9 Å². The number of fused-ring (bicyclic) bond motifs is 1. The maximum absolute atomic E-state index is 12.4. The second kappa shape index (κ2) is 8.46. The molecule has 2 N–H and O–H groups in total. The summed E-state index contributed by atoms with van der Waals surface area (Å²) in [5.41, 5.74) is 5.23. The Labute approximate surface area is 166 Å². The number of urea groups is 1. The van der Waals surface area contributed by atoms with Gasteiger partial charge < -0.3 is 15.5 Å². The molecule has 28 heavy (non-hydrogen) atoms. The molecule has 5 nitrogen and oxygen atoms in total. The second-order valence-electron chi connectivity index (χ2n) is 7.65. The first-order chi connectivity index (χ1) is 13.7. The van der Waals surface area contributed by atoms with Crippen molar-refractivity contribution >= 4 is 17.6 Å². The van der Waals surface area contributed by atoms with Crippen molar-refractivity contribution in [3.05, 3.63) is 64.7 Å². The predicted octanol–water partition coefficient (Wildman–Crippen LogP) is 4.12. The fourth-order valence-electron chi connectivity index (χ4n) is 4.12. The van der Waals surface area contributed by atoms with Gasteiger partial charge in [-0.1, -0.05) is 24.3 Å². The number of hydrogen-bond acceptors (Lipinski definition) is 2. The molecule has 0 saturated carbocycles. The molecule has 1 fully saturated rings. The van der Waals surface area contributed by atoms with E-state index < -0.39 is 0 Å². The van der Waals surface area contributed by atoms with Crippen LogP contribution < -0.4 is 10.6 Å². The largest absolute Gasteiger partial charge is 0.339 e. The highest BCUT2D eigenvalue weighted by Gasteiger charge is 2.19. The molecule has 3 amide bonds. The van der Waals surface area contributed by atoms with Crippen LogP contribution in [0.25, 0.3) is 0 Å². The van der Waals surface area contributed by atoms with Gasteiger partial charge in [-0.15, -0.1) is 0 Å². The molecule has 0 atom stereocenters. The van der Waals surface area contributed by atoms with Crippen LogP contribution in [0.3, 0.4) is 0 Å². The lowest BCUT2D eigenvalue weighted by Gasteiger charge is -2.19. The fraction of sp³-hybridized carbons (Fsp3) is 0.391. The lowest BCUT2D eigenvalue weighted by atomic mass is 9.90. The van der Waals surface area contributed by atoms with E-state index >= 15 is 0 Å². The quantitative estimate of drug-likeness (QED) is 0.842. The molecule has 2 aromatic carbocycles. The monoisotopic (exact) mass is 377 g/mol. The fourth-order valence-corrected chi connectivity index (χ4v) is 4.12. The summed E-state index contributed by atoms with van der Waals surface area (Å²) in [5, 5.41) is 5.91. The number of rotatable bonds is 4. The summed E-state index contributed by atoms with van der Waals surface area (Å²) < 4.78 is 0. The summed E-state index contributed by atoms with van der Waals surface area (Å²) in [6.07, 6.45) is 6.70. The van der Waals surface area contributed by atoms with Gasteiger partial charge in [0.2, 0.25) is 0 Å². The Morgan fingerprint density at radius 1 is 0.893 bits per heavy atom. The van der Waals surface area contributed by atoms with Crippen LogP contribution in [-0.4, -0.2) is 29.9 Å².